The first-order chi connectivity index (χ1) is 11.0. The Hall–Kier alpha value is -2.40. The molecule has 1 atom stereocenters. The highest BCUT2D eigenvalue weighted by molar-refractivity contribution is 7.92. The van der Waals surface area contributed by atoms with Gasteiger partial charge in [0.05, 0.1) is 10.5 Å². The number of sulfone groups is 1. The number of alkyl halides is 4. The first-order valence-corrected chi connectivity index (χ1v) is 8.10. The minimum atomic E-state index is -4.87. The molecule has 0 saturated heterocycles. The molecule has 0 amide bonds. The maximum Gasteiger partial charge on any atom is 0.416 e. The van der Waals surface area contributed by atoms with Crippen molar-refractivity contribution in [3.63, 3.8) is 0 Å². The Morgan fingerprint density at radius 3 is 1.75 bits per heavy atom. The highest BCUT2D eigenvalue weighted by Gasteiger charge is 2.48. The number of aryl methyl sites for hydroxylation is 1. The van der Waals surface area contributed by atoms with Crippen LogP contribution in [0.5, 0.6) is 0 Å². The summed E-state index contributed by atoms with van der Waals surface area (Å²) in [6.07, 6.45) is -4.65. The molecule has 1 unspecified atom stereocenters. The molecule has 0 radical (unpaired) electrons. The monoisotopic (exact) mass is 357 g/mol. The van der Waals surface area contributed by atoms with E-state index in [9.17, 15) is 21.6 Å². The largest absolute Gasteiger partial charge is 0.416 e. The van der Waals surface area contributed by atoms with E-state index < -0.39 is 37.0 Å². The van der Waals surface area contributed by atoms with Gasteiger partial charge >= 0.3 is 11.2 Å². The van der Waals surface area contributed by atoms with E-state index in [-0.39, 0.29) is 0 Å². The number of hydrogen-bond donors (Lipinski definition) is 0. The molecule has 8 heteroatoms. The zero-order valence-corrected chi connectivity index (χ0v) is 13.1. The summed E-state index contributed by atoms with van der Waals surface area (Å²) in [5.74, 6) is 0. The van der Waals surface area contributed by atoms with E-state index in [0.717, 1.165) is 23.8 Å². The lowest BCUT2D eigenvalue weighted by Crippen LogP contribution is -2.29. The maximum atomic E-state index is 15.0. The van der Waals surface area contributed by atoms with E-state index >= 15 is 4.39 Å². The zero-order chi connectivity index (χ0) is 18.2. The van der Waals surface area contributed by atoms with Crippen LogP contribution >= 0.6 is 0 Å². The van der Waals surface area contributed by atoms with Crippen molar-refractivity contribution < 1.29 is 26.0 Å². The van der Waals surface area contributed by atoms with Gasteiger partial charge in [-0.2, -0.15) is 18.4 Å². The van der Waals surface area contributed by atoms with Gasteiger partial charge in [-0.25, -0.2) is 12.8 Å². The summed E-state index contributed by atoms with van der Waals surface area (Å²) in [6.45, 7) is 1.69. The third-order valence-corrected chi connectivity index (χ3v) is 5.39. The molecule has 0 saturated carbocycles. The fraction of sp³-hybridized carbons (Fsp3) is 0.188. The molecule has 0 aliphatic heterocycles. The summed E-state index contributed by atoms with van der Waals surface area (Å²) >= 11 is 0. The third-order valence-electron chi connectivity index (χ3n) is 3.43. The van der Waals surface area contributed by atoms with Gasteiger partial charge < -0.3 is 0 Å². The number of rotatable bonds is 3. The average Bonchev–Trinajstić information content (AvgIpc) is 2.54. The minimum Gasteiger partial charge on any atom is -0.219 e. The zero-order valence-electron chi connectivity index (χ0n) is 12.3. The molecule has 2 rings (SSSR count). The van der Waals surface area contributed by atoms with Crippen LogP contribution in [0.2, 0.25) is 0 Å². The van der Waals surface area contributed by atoms with Crippen molar-refractivity contribution in [1.82, 2.24) is 0 Å². The fourth-order valence-electron chi connectivity index (χ4n) is 2.03. The van der Waals surface area contributed by atoms with Crippen LogP contribution in [-0.4, -0.2) is 8.42 Å². The molecular formula is C16H11F4NO2S. The highest BCUT2D eigenvalue weighted by atomic mass is 32.2. The smallest absolute Gasteiger partial charge is 0.219 e. The van der Waals surface area contributed by atoms with Crippen LogP contribution in [-0.2, 0) is 21.0 Å². The van der Waals surface area contributed by atoms with Crippen molar-refractivity contribution in [3.05, 3.63) is 65.2 Å². The van der Waals surface area contributed by atoms with Gasteiger partial charge in [-0.3, -0.25) is 0 Å². The van der Waals surface area contributed by atoms with Gasteiger partial charge in [0.1, 0.15) is 6.07 Å². The van der Waals surface area contributed by atoms with Crippen molar-refractivity contribution in [2.24, 2.45) is 0 Å². The molecule has 0 N–H and O–H groups in total. The quantitative estimate of drug-likeness (QED) is 0.776. The van der Waals surface area contributed by atoms with Gasteiger partial charge in [-0.05, 0) is 31.2 Å². The summed E-state index contributed by atoms with van der Waals surface area (Å²) in [7, 11) is -4.87. The van der Waals surface area contributed by atoms with Gasteiger partial charge in [0, 0.05) is 5.56 Å². The molecular weight excluding hydrogens is 346 g/mol. The second kappa shape index (κ2) is 5.91. The predicted molar refractivity (Wildman–Crippen MR) is 78.2 cm³/mol. The molecule has 0 aromatic heterocycles. The second-order valence-electron chi connectivity index (χ2n) is 5.10. The van der Waals surface area contributed by atoms with Crippen molar-refractivity contribution in [1.29, 1.82) is 5.26 Å². The Kier molecular flexibility index (Phi) is 4.42. The van der Waals surface area contributed by atoms with Crippen LogP contribution < -0.4 is 0 Å². The van der Waals surface area contributed by atoms with Crippen LogP contribution in [0.25, 0.3) is 0 Å². The van der Waals surface area contributed by atoms with Crippen molar-refractivity contribution in [2.75, 3.05) is 0 Å². The molecule has 2 aromatic carbocycles. The van der Waals surface area contributed by atoms with Crippen LogP contribution in [0.4, 0.5) is 17.6 Å². The Balaban J connectivity index is 2.55. The number of benzene rings is 2. The van der Waals surface area contributed by atoms with E-state index in [2.05, 4.69) is 0 Å². The molecule has 126 valence electrons. The van der Waals surface area contributed by atoms with Gasteiger partial charge in [0.2, 0.25) is 9.84 Å². The molecule has 0 aliphatic carbocycles. The number of hydrogen-bond acceptors (Lipinski definition) is 3. The van der Waals surface area contributed by atoms with Crippen LogP contribution in [0.15, 0.2) is 53.4 Å². The van der Waals surface area contributed by atoms with Crippen molar-refractivity contribution in [2.45, 2.75) is 23.0 Å². The number of nitrogens with zero attached hydrogens (tertiary/aromatic N) is 1. The Morgan fingerprint density at radius 2 is 1.33 bits per heavy atom. The van der Waals surface area contributed by atoms with E-state index in [4.69, 9.17) is 5.26 Å². The summed E-state index contributed by atoms with van der Waals surface area (Å²) in [6, 6.07) is 8.62. The second-order valence-corrected chi connectivity index (χ2v) is 7.14. The number of nitriles is 1. The van der Waals surface area contributed by atoms with Crippen LogP contribution in [0, 0.1) is 18.3 Å². The molecule has 2 aromatic rings. The minimum absolute atomic E-state index is 0.407. The standard InChI is InChI=1S/C16H11F4NO2S/c1-11-2-4-12(5-3-11)15(17,10-21)24(22,23)14-8-6-13(7-9-14)16(18,19)20/h2-9H,1H3. The maximum absolute atomic E-state index is 15.0. The fourth-order valence-corrected chi connectivity index (χ4v) is 3.42. The van der Waals surface area contributed by atoms with E-state index in [0.29, 0.717) is 24.3 Å². The first kappa shape index (κ1) is 17.9. The lowest BCUT2D eigenvalue weighted by Gasteiger charge is -2.19. The summed E-state index contributed by atoms with van der Waals surface area (Å²) in [5, 5.41) is 5.70. The molecule has 0 aliphatic rings. The summed E-state index contributed by atoms with van der Waals surface area (Å²) in [5.41, 5.74) is -0.750. The van der Waals surface area contributed by atoms with E-state index in [1.165, 1.54) is 12.1 Å². The van der Waals surface area contributed by atoms with Gasteiger partial charge in [0.15, 0.2) is 0 Å². The van der Waals surface area contributed by atoms with Gasteiger partial charge in [-0.15, -0.1) is 0 Å². The molecule has 0 heterocycles. The van der Waals surface area contributed by atoms with Gasteiger partial charge in [0.25, 0.3) is 0 Å². The summed E-state index contributed by atoms with van der Waals surface area (Å²) < 4.78 is 77.5. The predicted octanol–water partition coefficient (Wildman–Crippen LogP) is 4.13. The Morgan fingerprint density at radius 1 is 0.875 bits per heavy atom. The van der Waals surface area contributed by atoms with Crippen LogP contribution in [0.1, 0.15) is 16.7 Å². The first-order valence-electron chi connectivity index (χ1n) is 6.61. The SMILES string of the molecule is Cc1ccc(C(F)(C#N)S(=O)(=O)c2ccc(C(F)(F)F)cc2)cc1. The molecule has 0 spiro atoms. The molecule has 3 nitrogen and oxygen atoms in total. The Bertz CT molecular complexity index is 882. The summed E-state index contributed by atoms with van der Waals surface area (Å²) in [4.78, 5) is -0.708. The highest BCUT2D eigenvalue weighted by Crippen LogP contribution is 2.38. The average molecular weight is 357 g/mol. The topological polar surface area (TPSA) is 57.9 Å². The van der Waals surface area contributed by atoms with Gasteiger partial charge in [-0.1, -0.05) is 29.8 Å². The van der Waals surface area contributed by atoms with Crippen LogP contribution in [0.3, 0.4) is 0 Å². The van der Waals surface area contributed by atoms with E-state index in [1.54, 1.807) is 6.92 Å². The normalized spacial score (nSPS) is 14.7. The molecule has 0 bridgehead atoms. The molecule has 24 heavy (non-hydrogen) atoms. The third kappa shape index (κ3) is 2.99. The number of halogens is 4. The van der Waals surface area contributed by atoms with E-state index in [1.807, 2.05) is 0 Å². The lowest BCUT2D eigenvalue weighted by molar-refractivity contribution is -0.137. The lowest BCUT2D eigenvalue weighted by atomic mass is 10.1. The Labute approximate surface area is 136 Å². The van der Waals surface area contributed by atoms with Crippen molar-refractivity contribution in [3.8, 4) is 6.07 Å². The van der Waals surface area contributed by atoms with Crippen molar-refractivity contribution >= 4 is 9.84 Å². The molecule has 0 fully saturated rings.